The van der Waals surface area contributed by atoms with Crippen molar-refractivity contribution in [3.63, 3.8) is 0 Å². The topological polar surface area (TPSA) is 57.5 Å². The molecule has 0 fully saturated rings. The first kappa shape index (κ1) is 10.5. The van der Waals surface area contributed by atoms with Crippen molar-refractivity contribution in [2.24, 2.45) is 0 Å². The average Bonchev–Trinajstić information content (AvgIpc) is 2.22. The minimum Gasteiger partial charge on any atom is -0.507 e. The number of aromatic hydroxyl groups is 1. The minimum absolute atomic E-state index is 0.0242. The first-order valence-corrected chi connectivity index (χ1v) is 4.97. The Labute approximate surface area is 93.0 Å². The molecule has 0 aliphatic heterocycles. The van der Waals surface area contributed by atoms with Crippen LogP contribution in [0.2, 0.25) is 0 Å². The molecule has 0 aliphatic rings. The number of phenolic OH excluding ortho intramolecular Hbond substituents is 1. The van der Waals surface area contributed by atoms with Gasteiger partial charge in [0, 0.05) is 5.39 Å². The molecule has 3 heteroatoms. The molecular formula is C13H12O3. The highest BCUT2D eigenvalue weighted by atomic mass is 16.4. The van der Waals surface area contributed by atoms with Gasteiger partial charge in [-0.2, -0.15) is 0 Å². The summed E-state index contributed by atoms with van der Waals surface area (Å²) in [5.41, 5.74) is 2.01. The second kappa shape index (κ2) is 3.52. The van der Waals surface area contributed by atoms with Gasteiger partial charge in [0.25, 0.3) is 0 Å². The van der Waals surface area contributed by atoms with Crippen LogP contribution in [0.4, 0.5) is 0 Å². The molecular weight excluding hydrogens is 204 g/mol. The Balaban J connectivity index is 2.92. The maximum absolute atomic E-state index is 10.9. The van der Waals surface area contributed by atoms with Crippen molar-refractivity contribution in [3.05, 3.63) is 41.0 Å². The van der Waals surface area contributed by atoms with Gasteiger partial charge in [0.2, 0.25) is 0 Å². The van der Waals surface area contributed by atoms with Gasteiger partial charge in [-0.3, -0.25) is 0 Å². The van der Waals surface area contributed by atoms with Crippen LogP contribution >= 0.6 is 0 Å². The molecule has 0 aliphatic carbocycles. The number of aryl methyl sites for hydroxylation is 2. The van der Waals surface area contributed by atoms with Crippen LogP contribution in [0.15, 0.2) is 24.3 Å². The van der Waals surface area contributed by atoms with E-state index in [1.165, 1.54) is 6.07 Å². The number of hydrogen-bond acceptors (Lipinski definition) is 2. The summed E-state index contributed by atoms with van der Waals surface area (Å²) in [7, 11) is 0. The van der Waals surface area contributed by atoms with E-state index in [1.54, 1.807) is 6.07 Å². The van der Waals surface area contributed by atoms with Gasteiger partial charge < -0.3 is 10.2 Å². The Kier molecular flexibility index (Phi) is 2.31. The zero-order chi connectivity index (χ0) is 11.9. The highest BCUT2D eigenvalue weighted by molar-refractivity contribution is 6.00. The third-order valence-electron chi connectivity index (χ3n) is 2.77. The van der Waals surface area contributed by atoms with E-state index in [4.69, 9.17) is 5.11 Å². The number of hydrogen-bond donors (Lipinski definition) is 2. The number of benzene rings is 2. The summed E-state index contributed by atoms with van der Waals surface area (Å²) in [6, 6.07) is 6.72. The lowest BCUT2D eigenvalue weighted by atomic mass is 9.98. The molecule has 82 valence electrons. The summed E-state index contributed by atoms with van der Waals surface area (Å²) in [5.74, 6) is -1.01. The third kappa shape index (κ3) is 1.50. The van der Waals surface area contributed by atoms with Crippen molar-refractivity contribution in [3.8, 4) is 5.75 Å². The lowest BCUT2D eigenvalue weighted by Crippen LogP contribution is -1.96. The van der Waals surface area contributed by atoms with Crippen LogP contribution < -0.4 is 0 Å². The van der Waals surface area contributed by atoms with Gasteiger partial charge in [0.15, 0.2) is 0 Å². The highest BCUT2D eigenvalue weighted by Crippen LogP contribution is 2.31. The van der Waals surface area contributed by atoms with Crippen LogP contribution in [-0.4, -0.2) is 16.2 Å². The average molecular weight is 216 g/mol. The van der Waals surface area contributed by atoms with E-state index in [0.29, 0.717) is 0 Å². The summed E-state index contributed by atoms with van der Waals surface area (Å²) in [6.45, 7) is 3.79. The van der Waals surface area contributed by atoms with Gasteiger partial charge >= 0.3 is 5.97 Å². The fraction of sp³-hybridized carbons (Fsp3) is 0.154. The van der Waals surface area contributed by atoms with E-state index in [-0.39, 0.29) is 11.3 Å². The third-order valence-corrected chi connectivity index (χ3v) is 2.77. The summed E-state index contributed by atoms with van der Waals surface area (Å²) in [4.78, 5) is 10.9. The molecule has 0 amide bonds. The van der Waals surface area contributed by atoms with E-state index in [9.17, 15) is 9.90 Å². The molecule has 0 saturated heterocycles. The second-order valence-electron chi connectivity index (χ2n) is 3.92. The van der Waals surface area contributed by atoms with E-state index in [2.05, 4.69) is 0 Å². The minimum atomic E-state index is -1.03. The zero-order valence-corrected chi connectivity index (χ0v) is 9.11. The lowest BCUT2D eigenvalue weighted by molar-refractivity contribution is 0.0696. The van der Waals surface area contributed by atoms with Crippen LogP contribution in [0.5, 0.6) is 5.75 Å². The molecule has 0 bridgehead atoms. The van der Waals surface area contributed by atoms with Gasteiger partial charge in [-0.15, -0.1) is 0 Å². The van der Waals surface area contributed by atoms with Crippen LogP contribution in [0, 0.1) is 13.8 Å². The summed E-state index contributed by atoms with van der Waals surface area (Å²) >= 11 is 0. The summed E-state index contributed by atoms with van der Waals surface area (Å²) < 4.78 is 0. The zero-order valence-electron chi connectivity index (χ0n) is 9.11. The molecule has 0 spiro atoms. The van der Waals surface area contributed by atoms with Gasteiger partial charge in [0.1, 0.15) is 5.75 Å². The molecule has 2 aromatic carbocycles. The van der Waals surface area contributed by atoms with Crippen molar-refractivity contribution in [2.45, 2.75) is 13.8 Å². The van der Waals surface area contributed by atoms with Crippen molar-refractivity contribution in [1.82, 2.24) is 0 Å². The first-order chi connectivity index (χ1) is 7.50. The Hall–Kier alpha value is -2.03. The molecule has 0 aromatic heterocycles. The molecule has 0 atom stereocenters. The van der Waals surface area contributed by atoms with Gasteiger partial charge in [-0.25, -0.2) is 4.79 Å². The predicted octanol–water partition coefficient (Wildman–Crippen LogP) is 2.86. The fourth-order valence-electron chi connectivity index (χ4n) is 1.90. The van der Waals surface area contributed by atoms with E-state index in [1.807, 2.05) is 26.0 Å². The number of carbonyl (C=O) groups is 1. The smallest absolute Gasteiger partial charge is 0.335 e. The Bertz CT molecular complexity index is 585. The van der Waals surface area contributed by atoms with Gasteiger partial charge in [-0.1, -0.05) is 12.1 Å². The van der Waals surface area contributed by atoms with Crippen molar-refractivity contribution >= 4 is 16.7 Å². The SMILES string of the molecule is Cc1ccc(C)c2c(O)cc(C(=O)O)cc12. The van der Waals surface area contributed by atoms with E-state index < -0.39 is 5.97 Å². The Morgan fingerprint density at radius 2 is 1.75 bits per heavy atom. The molecule has 0 heterocycles. The molecule has 0 radical (unpaired) electrons. The number of carboxylic acid groups (broad SMARTS) is 1. The van der Waals surface area contributed by atoms with Crippen LogP contribution in [-0.2, 0) is 0 Å². The number of rotatable bonds is 1. The summed E-state index contributed by atoms with van der Waals surface area (Å²) in [5, 5.41) is 20.3. The maximum Gasteiger partial charge on any atom is 0.335 e. The van der Waals surface area contributed by atoms with E-state index >= 15 is 0 Å². The van der Waals surface area contributed by atoms with Gasteiger partial charge in [0.05, 0.1) is 5.56 Å². The van der Waals surface area contributed by atoms with E-state index in [0.717, 1.165) is 21.9 Å². The number of phenols is 1. The number of aromatic carboxylic acids is 1. The van der Waals surface area contributed by atoms with Crippen molar-refractivity contribution in [1.29, 1.82) is 0 Å². The van der Waals surface area contributed by atoms with Gasteiger partial charge in [-0.05, 0) is 42.5 Å². The monoisotopic (exact) mass is 216 g/mol. The molecule has 2 aromatic rings. The van der Waals surface area contributed by atoms with Crippen molar-refractivity contribution in [2.75, 3.05) is 0 Å². The maximum atomic E-state index is 10.9. The molecule has 0 unspecified atom stereocenters. The normalized spacial score (nSPS) is 10.6. The first-order valence-electron chi connectivity index (χ1n) is 4.97. The molecule has 2 rings (SSSR count). The highest BCUT2D eigenvalue weighted by Gasteiger charge is 2.11. The number of carboxylic acids is 1. The van der Waals surface area contributed by atoms with Crippen molar-refractivity contribution < 1.29 is 15.0 Å². The van der Waals surface area contributed by atoms with Crippen LogP contribution in [0.25, 0.3) is 10.8 Å². The molecule has 0 saturated carbocycles. The van der Waals surface area contributed by atoms with Crippen LogP contribution in [0.1, 0.15) is 21.5 Å². The number of fused-ring (bicyclic) bond motifs is 1. The fourth-order valence-corrected chi connectivity index (χ4v) is 1.90. The molecule has 2 N–H and O–H groups in total. The molecule has 16 heavy (non-hydrogen) atoms. The lowest BCUT2D eigenvalue weighted by Gasteiger charge is -2.08. The standard InChI is InChI=1S/C13H12O3/c1-7-3-4-8(2)12-10(7)5-9(13(15)16)6-11(12)14/h3-6,14H,1-2H3,(H,15,16). The second-order valence-corrected chi connectivity index (χ2v) is 3.92. The Morgan fingerprint density at radius 3 is 2.38 bits per heavy atom. The largest absolute Gasteiger partial charge is 0.507 e. The quantitative estimate of drug-likeness (QED) is 0.770. The van der Waals surface area contributed by atoms with Crippen LogP contribution in [0.3, 0.4) is 0 Å². The molecule has 3 nitrogen and oxygen atoms in total. The Morgan fingerprint density at radius 1 is 1.12 bits per heavy atom. The summed E-state index contributed by atoms with van der Waals surface area (Å²) in [6.07, 6.45) is 0. The predicted molar refractivity (Wildman–Crippen MR) is 62.0 cm³/mol.